The third-order valence-electron chi connectivity index (χ3n) is 3.31. The number of piperidine rings is 1. The summed E-state index contributed by atoms with van der Waals surface area (Å²) in [6, 6.07) is 7.56. The minimum atomic E-state index is 0.612. The van der Waals surface area contributed by atoms with Crippen LogP contribution in [0, 0.1) is 11.3 Å². The lowest BCUT2D eigenvalue weighted by molar-refractivity contribution is 0.237. The van der Waals surface area contributed by atoms with Crippen LogP contribution < -0.4 is 5.32 Å². The molecule has 0 amide bonds. The Morgan fingerprint density at radius 2 is 2.06 bits per heavy atom. The van der Waals surface area contributed by atoms with Gasteiger partial charge in [0.2, 0.25) is 0 Å². The standard InChI is InChI=1S/C14H18ClN3/c15-13-6-4-5-12(11-16)14(13)17-7-10-18-8-2-1-3-9-18/h4-6,17H,1-3,7-10H2. The summed E-state index contributed by atoms with van der Waals surface area (Å²) in [5, 5.41) is 12.9. The molecule has 0 bridgehead atoms. The highest BCUT2D eigenvalue weighted by molar-refractivity contribution is 6.33. The lowest BCUT2D eigenvalue weighted by Gasteiger charge is -2.26. The molecule has 1 aliphatic rings. The first-order valence-electron chi connectivity index (χ1n) is 6.46. The average molecular weight is 264 g/mol. The summed E-state index contributed by atoms with van der Waals surface area (Å²) in [6.45, 7) is 4.22. The molecule has 0 atom stereocenters. The number of halogens is 1. The molecule has 4 heteroatoms. The van der Waals surface area contributed by atoms with Crippen molar-refractivity contribution in [1.29, 1.82) is 5.26 Å². The molecule has 0 unspecified atom stereocenters. The molecular formula is C14H18ClN3. The van der Waals surface area contributed by atoms with Gasteiger partial charge in [-0.15, -0.1) is 0 Å². The van der Waals surface area contributed by atoms with E-state index in [1.807, 2.05) is 6.07 Å². The third-order valence-corrected chi connectivity index (χ3v) is 3.63. The number of hydrogen-bond acceptors (Lipinski definition) is 3. The predicted octanol–water partition coefficient (Wildman–Crippen LogP) is 3.11. The third kappa shape index (κ3) is 3.38. The summed E-state index contributed by atoms with van der Waals surface area (Å²) >= 11 is 6.10. The Hall–Kier alpha value is -1.24. The number of rotatable bonds is 4. The molecule has 1 N–H and O–H groups in total. The van der Waals surface area contributed by atoms with Crippen molar-refractivity contribution in [1.82, 2.24) is 4.90 Å². The monoisotopic (exact) mass is 263 g/mol. The highest BCUT2D eigenvalue weighted by Gasteiger charge is 2.10. The SMILES string of the molecule is N#Cc1cccc(Cl)c1NCCN1CCCCC1. The molecule has 96 valence electrons. The number of para-hydroxylation sites is 1. The van der Waals surface area contributed by atoms with Gasteiger partial charge >= 0.3 is 0 Å². The first-order valence-corrected chi connectivity index (χ1v) is 6.84. The zero-order chi connectivity index (χ0) is 12.8. The summed E-state index contributed by atoms with van der Waals surface area (Å²) in [5.41, 5.74) is 1.37. The van der Waals surface area contributed by atoms with E-state index in [1.165, 1.54) is 32.4 Å². The molecule has 1 aliphatic heterocycles. The molecule has 1 heterocycles. The Labute approximate surface area is 113 Å². The number of nitrogens with one attached hydrogen (secondary N) is 1. The molecule has 1 aromatic rings. The van der Waals surface area contributed by atoms with Gasteiger partial charge in [-0.3, -0.25) is 0 Å². The van der Waals surface area contributed by atoms with Gasteiger partial charge in [-0.1, -0.05) is 24.1 Å². The zero-order valence-corrected chi connectivity index (χ0v) is 11.2. The highest BCUT2D eigenvalue weighted by Crippen LogP contribution is 2.25. The van der Waals surface area contributed by atoms with Crippen LogP contribution in [0.5, 0.6) is 0 Å². The van der Waals surface area contributed by atoms with Crippen molar-refractivity contribution in [3.05, 3.63) is 28.8 Å². The maximum Gasteiger partial charge on any atom is 0.101 e. The molecule has 1 aromatic carbocycles. The first kappa shape index (κ1) is 13.2. The van der Waals surface area contributed by atoms with Crippen LogP contribution >= 0.6 is 11.6 Å². The van der Waals surface area contributed by atoms with E-state index in [0.29, 0.717) is 10.6 Å². The van der Waals surface area contributed by atoms with Crippen molar-refractivity contribution < 1.29 is 0 Å². The van der Waals surface area contributed by atoms with E-state index < -0.39 is 0 Å². The second-order valence-corrected chi connectivity index (χ2v) is 5.01. The molecular weight excluding hydrogens is 246 g/mol. The number of nitriles is 1. The predicted molar refractivity (Wildman–Crippen MR) is 74.9 cm³/mol. The first-order chi connectivity index (χ1) is 8.81. The second-order valence-electron chi connectivity index (χ2n) is 4.60. The molecule has 0 saturated carbocycles. The van der Waals surface area contributed by atoms with Crippen LogP contribution in [0.15, 0.2) is 18.2 Å². The number of hydrogen-bond donors (Lipinski definition) is 1. The number of nitrogens with zero attached hydrogens (tertiary/aromatic N) is 2. The largest absolute Gasteiger partial charge is 0.381 e. The summed E-state index contributed by atoms with van der Waals surface area (Å²) in [7, 11) is 0. The van der Waals surface area contributed by atoms with Crippen LogP contribution in [0.2, 0.25) is 5.02 Å². The smallest absolute Gasteiger partial charge is 0.101 e. The van der Waals surface area contributed by atoms with E-state index in [9.17, 15) is 0 Å². The van der Waals surface area contributed by atoms with Crippen LogP contribution in [0.25, 0.3) is 0 Å². The van der Waals surface area contributed by atoms with Gasteiger partial charge in [0.15, 0.2) is 0 Å². The number of benzene rings is 1. The molecule has 1 fully saturated rings. The number of anilines is 1. The van der Waals surface area contributed by atoms with Crippen molar-refractivity contribution in [2.75, 3.05) is 31.5 Å². The van der Waals surface area contributed by atoms with Crippen LogP contribution in [0.4, 0.5) is 5.69 Å². The van der Waals surface area contributed by atoms with Gasteiger partial charge in [0.05, 0.1) is 16.3 Å². The summed E-state index contributed by atoms with van der Waals surface area (Å²) in [6.07, 6.45) is 3.96. The van der Waals surface area contributed by atoms with Gasteiger partial charge in [-0.05, 0) is 38.1 Å². The molecule has 2 rings (SSSR count). The van der Waals surface area contributed by atoms with Gasteiger partial charge in [0, 0.05) is 13.1 Å². The van der Waals surface area contributed by atoms with Gasteiger partial charge in [-0.2, -0.15) is 5.26 Å². The Morgan fingerprint density at radius 1 is 1.28 bits per heavy atom. The second kappa shape index (κ2) is 6.63. The zero-order valence-electron chi connectivity index (χ0n) is 10.5. The molecule has 3 nitrogen and oxygen atoms in total. The Bertz CT molecular complexity index is 433. The van der Waals surface area contributed by atoms with E-state index in [0.717, 1.165) is 18.8 Å². The highest BCUT2D eigenvalue weighted by atomic mass is 35.5. The minimum absolute atomic E-state index is 0.612. The molecule has 18 heavy (non-hydrogen) atoms. The fraction of sp³-hybridized carbons (Fsp3) is 0.500. The minimum Gasteiger partial charge on any atom is -0.381 e. The van der Waals surface area contributed by atoms with E-state index in [2.05, 4.69) is 16.3 Å². The topological polar surface area (TPSA) is 39.1 Å². The quantitative estimate of drug-likeness (QED) is 0.907. The number of likely N-dealkylation sites (tertiary alicyclic amines) is 1. The van der Waals surface area contributed by atoms with Gasteiger partial charge < -0.3 is 10.2 Å². The Kier molecular flexibility index (Phi) is 4.86. The van der Waals surface area contributed by atoms with Gasteiger partial charge in [0.25, 0.3) is 0 Å². The average Bonchev–Trinajstić information content (AvgIpc) is 2.41. The lowest BCUT2D eigenvalue weighted by atomic mass is 10.1. The maximum absolute atomic E-state index is 9.03. The Morgan fingerprint density at radius 3 is 2.78 bits per heavy atom. The van der Waals surface area contributed by atoms with Crippen LogP contribution in [-0.2, 0) is 0 Å². The summed E-state index contributed by atoms with van der Waals surface area (Å²) in [5.74, 6) is 0. The van der Waals surface area contributed by atoms with E-state index in [-0.39, 0.29) is 0 Å². The Balaban J connectivity index is 1.88. The van der Waals surface area contributed by atoms with Crippen molar-refractivity contribution in [3.63, 3.8) is 0 Å². The molecule has 0 radical (unpaired) electrons. The summed E-state index contributed by atoms with van der Waals surface area (Å²) < 4.78 is 0. The fourth-order valence-electron chi connectivity index (χ4n) is 2.32. The molecule has 0 spiro atoms. The van der Waals surface area contributed by atoms with E-state index in [1.54, 1.807) is 12.1 Å². The summed E-state index contributed by atoms with van der Waals surface area (Å²) in [4.78, 5) is 2.46. The van der Waals surface area contributed by atoms with Crippen molar-refractivity contribution in [2.24, 2.45) is 0 Å². The van der Waals surface area contributed by atoms with Gasteiger partial charge in [-0.25, -0.2) is 0 Å². The van der Waals surface area contributed by atoms with Crippen LogP contribution in [-0.4, -0.2) is 31.1 Å². The van der Waals surface area contributed by atoms with Gasteiger partial charge in [0.1, 0.15) is 6.07 Å². The molecule has 0 aromatic heterocycles. The van der Waals surface area contributed by atoms with E-state index in [4.69, 9.17) is 16.9 Å². The van der Waals surface area contributed by atoms with Crippen molar-refractivity contribution in [2.45, 2.75) is 19.3 Å². The van der Waals surface area contributed by atoms with E-state index >= 15 is 0 Å². The lowest BCUT2D eigenvalue weighted by Crippen LogP contribution is -2.33. The fourth-order valence-corrected chi connectivity index (χ4v) is 2.56. The molecule has 1 saturated heterocycles. The maximum atomic E-state index is 9.03. The molecule has 0 aliphatic carbocycles. The van der Waals surface area contributed by atoms with Crippen LogP contribution in [0.3, 0.4) is 0 Å². The van der Waals surface area contributed by atoms with Crippen molar-refractivity contribution >= 4 is 17.3 Å². The normalized spacial score (nSPS) is 16.2. The van der Waals surface area contributed by atoms with Crippen LogP contribution in [0.1, 0.15) is 24.8 Å². The van der Waals surface area contributed by atoms with Crippen molar-refractivity contribution in [3.8, 4) is 6.07 Å².